The lowest BCUT2D eigenvalue weighted by Gasteiger charge is -2.31. The topological polar surface area (TPSA) is 86.3 Å². The normalized spacial score (nSPS) is 20.2. The molecule has 0 bridgehead atoms. The first-order valence-corrected chi connectivity index (χ1v) is 9.51. The summed E-state index contributed by atoms with van der Waals surface area (Å²) in [6, 6.07) is 3.79. The molecule has 8 heteroatoms. The number of amides is 2. The van der Waals surface area contributed by atoms with E-state index in [4.69, 9.17) is 18.9 Å². The van der Waals surface area contributed by atoms with E-state index in [9.17, 15) is 9.59 Å². The molecule has 0 radical (unpaired) electrons. The zero-order valence-electron chi connectivity index (χ0n) is 16.7. The van der Waals surface area contributed by atoms with E-state index in [0.29, 0.717) is 43.6 Å². The van der Waals surface area contributed by atoms with Gasteiger partial charge in [0.25, 0.3) is 0 Å². The van der Waals surface area contributed by atoms with Crippen molar-refractivity contribution < 1.29 is 28.5 Å². The monoisotopic (exact) mass is 392 g/mol. The Bertz CT molecular complexity index is 692. The van der Waals surface area contributed by atoms with E-state index >= 15 is 0 Å². The van der Waals surface area contributed by atoms with Gasteiger partial charge in [-0.1, -0.05) is 0 Å². The van der Waals surface area contributed by atoms with E-state index in [0.717, 1.165) is 18.4 Å². The number of rotatable bonds is 7. The van der Waals surface area contributed by atoms with E-state index < -0.39 is 0 Å². The van der Waals surface area contributed by atoms with Crippen molar-refractivity contribution in [2.75, 3.05) is 41.1 Å². The zero-order valence-corrected chi connectivity index (χ0v) is 16.7. The van der Waals surface area contributed by atoms with Gasteiger partial charge in [-0.25, -0.2) is 0 Å². The summed E-state index contributed by atoms with van der Waals surface area (Å²) in [6.45, 7) is 2.14. The largest absolute Gasteiger partial charge is 0.493 e. The Kier molecular flexibility index (Phi) is 6.61. The highest BCUT2D eigenvalue weighted by molar-refractivity contribution is 5.89. The Balaban J connectivity index is 1.60. The first kappa shape index (κ1) is 20.3. The van der Waals surface area contributed by atoms with Crippen molar-refractivity contribution in [1.29, 1.82) is 0 Å². The third kappa shape index (κ3) is 4.32. The number of carbonyl (C=O) groups is 2. The summed E-state index contributed by atoms with van der Waals surface area (Å²) in [5.41, 5.74) is 0.827. The van der Waals surface area contributed by atoms with Gasteiger partial charge in [0.2, 0.25) is 17.6 Å². The molecule has 1 N–H and O–H groups in total. The van der Waals surface area contributed by atoms with Gasteiger partial charge >= 0.3 is 0 Å². The summed E-state index contributed by atoms with van der Waals surface area (Å²) in [6.07, 6.45) is 1.94. The minimum Gasteiger partial charge on any atom is -0.493 e. The van der Waals surface area contributed by atoms with Crippen molar-refractivity contribution in [2.45, 2.75) is 31.8 Å². The first-order chi connectivity index (χ1) is 13.6. The fraction of sp³-hybridized carbons (Fsp3) is 0.600. The quantitative estimate of drug-likeness (QED) is 0.754. The van der Waals surface area contributed by atoms with Gasteiger partial charge in [-0.15, -0.1) is 0 Å². The van der Waals surface area contributed by atoms with Gasteiger partial charge in [0.1, 0.15) is 0 Å². The van der Waals surface area contributed by atoms with E-state index in [2.05, 4.69) is 5.32 Å². The van der Waals surface area contributed by atoms with Gasteiger partial charge in [-0.3, -0.25) is 9.59 Å². The molecule has 1 aromatic rings. The Morgan fingerprint density at radius 2 is 1.79 bits per heavy atom. The molecule has 2 amide bonds. The van der Waals surface area contributed by atoms with Crippen LogP contribution in [0.15, 0.2) is 12.1 Å². The van der Waals surface area contributed by atoms with Crippen LogP contribution in [0.25, 0.3) is 0 Å². The molecule has 154 valence electrons. The maximum atomic E-state index is 12.6. The minimum atomic E-state index is -0.322. The van der Waals surface area contributed by atoms with Crippen molar-refractivity contribution in [3.8, 4) is 17.2 Å². The number of hydrogen-bond donors (Lipinski definition) is 1. The van der Waals surface area contributed by atoms with Crippen molar-refractivity contribution in [3.63, 3.8) is 0 Å². The second-order valence-electron chi connectivity index (χ2n) is 7.04. The Hall–Kier alpha value is -2.48. The van der Waals surface area contributed by atoms with Gasteiger partial charge < -0.3 is 29.2 Å². The maximum Gasteiger partial charge on any atom is 0.225 e. The molecule has 2 fully saturated rings. The van der Waals surface area contributed by atoms with Crippen LogP contribution in [0.3, 0.4) is 0 Å². The molecule has 2 aliphatic heterocycles. The maximum absolute atomic E-state index is 12.6. The van der Waals surface area contributed by atoms with Gasteiger partial charge in [0.15, 0.2) is 11.5 Å². The summed E-state index contributed by atoms with van der Waals surface area (Å²) in [5, 5.41) is 2.93. The number of methoxy groups -OCH3 is 3. The summed E-state index contributed by atoms with van der Waals surface area (Å²) in [5.74, 6) is 1.20. The fourth-order valence-corrected chi connectivity index (χ4v) is 3.83. The molecule has 28 heavy (non-hydrogen) atoms. The van der Waals surface area contributed by atoms with Gasteiger partial charge in [-0.2, -0.15) is 0 Å². The summed E-state index contributed by atoms with van der Waals surface area (Å²) >= 11 is 0. The predicted octanol–water partition coefficient (Wildman–Crippen LogP) is 1.36. The Morgan fingerprint density at radius 3 is 2.36 bits per heavy atom. The van der Waals surface area contributed by atoms with Crippen LogP contribution < -0.4 is 19.5 Å². The highest BCUT2D eigenvalue weighted by Crippen LogP contribution is 2.38. The number of ether oxygens (including phenoxy) is 4. The molecule has 8 nitrogen and oxygen atoms in total. The van der Waals surface area contributed by atoms with Crippen molar-refractivity contribution in [1.82, 2.24) is 10.2 Å². The lowest BCUT2D eigenvalue weighted by molar-refractivity contribution is -0.131. The predicted molar refractivity (Wildman–Crippen MR) is 102 cm³/mol. The standard InChI is InChI=1S/C20H28N2O6/c1-25-16-8-13(9-17(26-2)19(16)27-3)11-21-20(24)14-10-18(23)22(12-14)15-4-6-28-7-5-15/h8-9,14-15H,4-7,10-12H2,1-3H3,(H,21,24). The number of nitrogens with one attached hydrogen (secondary N) is 1. The van der Waals surface area contributed by atoms with E-state index in [-0.39, 0.29) is 30.2 Å². The van der Waals surface area contributed by atoms with Crippen LogP contribution in [0.2, 0.25) is 0 Å². The molecule has 2 saturated heterocycles. The van der Waals surface area contributed by atoms with Crippen LogP contribution in [-0.4, -0.2) is 63.8 Å². The van der Waals surface area contributed by atoms with Crippen LogP contribution >= 0.6 is 0 Å². The van der Waals surface area contributed by atoms with Gasteiger partial charge in [0.05, 0.1) is 27.2 Å². The SMILES string of the molecule is COc1cc(CNC(=O)C2CC(=O)N(C3CCOCC3)C2)cc(OC)c1OC. The Labute approximate surface area is 165 Å². The molecular formula is C20H28N2O6. The van der Waals surface area contributed by atoms with Crippen molar-refractivity contribution in [2.24, 2.45) is 5.92 Å². The number of hydrogen-bond acceptors (Lipinski definition) is 6. The molecule has 1 unspecified atom stereocenters. The molecule has 0 aliphatic carbocycles. The molecule has 0 saturated carbocycles. The highest BCUT2D eigenvalue weighted by Gasteiger charge is 2.38. The first-order valence-electron chi connectivity index (χ1n) is 9.51. The lowest BCUT2D eigenvalue weighted by atomic mass is 10.1. The molecule has 1 aromatic carbocycles. The smallest absolute Gasteiger partial charge is 0.225 e. The average molecular weight is 392 g/mol. The van der Waals surface area contributed by atoms with Crippen LogP contribution in [0, 0.1) is 5.92 Å². The van der Waals surface area contributed by atoms with Gasteiger partial charge in [0, 0.05) is 38.8 Å². The second kappa shape index (κ2) is 9.14. The fourth-order valence-electron chi connectivity index (χ4n) is 3.83. The summed E-state index contributed by atoms with van der Waals surface area (Å²) < 4.78 is 21.4. The molecule has 0 aromatic heterocycles. The molecule has 2 heterocycles. The van der Waals surface area contributed by atoms with Crippen LogP contribution in [0.4, 0.5) is 0 Å². The summed E-state index contributed by atoms with van der Waals surface area (Å²) in [4.78, 5) is 26.8. The molecular weight excluding hydrogens is 364 g/mol. The molecule has 1 atom stereocenters. The highest BCUT2D eigenvalue weighted by atomic mass is 16.5. The minimum absolute atomic E-state index is 0.0554. The van der Waals surface area contributed by atoms with E-state index in [1.165, 1.54) is 0 Å². The van der Waals surface area contributed by atoms with Crippen molar-refractivity contribution >= 4 is 11.8 Å². The third-order valence-electron chi connectivity index (χ3n) is 5.35. The lowest BCUT2D eigenvalue weighted by Crippen LogP contribution is -2.41. The molecule has 3 rings (SSSR count). The average Bonchev–Trinajstić information content (AvgIpc) is 3.13. The second-order valence-corrected chi connectivity index (χ2v) is 7.04. The van der Waals surface area contributed by atoms with Crippen LogP contribution in [0.1, 0.15) is 24.8 Å². The number of nitrogens with zero attached hydrogens (tertiary/aromatic N) is 1. The van der Waals surface area contributed by atoms with Gasteiger partial charge in [-0.05, 0) is 30.5 Å². The number of benzene rings is 1. The van der Waals surface area contributed by atoms with Crippen LogP contribution in [-0.2, 0) is 20.9 Å². The van der Waals surface area contributed by atoms with E-state index in [1.54, 1.807) is 33.5 Å². The zero-order chi connectivity index (χ0) is 20.1. The summed E-state index contributed by atoms with van der Waals surface area (Å²) in [7, 11) is 4.65. The third-order valence-corrected chi connectivity index (χ3v) is 5.35. The van der Waals surface area contributed by atoms with Crippen LogP contribution in [0.5, 0.6) is 17.2 Å². The molecule has 2 aliphatic rings. The number of carbonyl (C=O) groups excluding carboxylic acids is 2. The number of likely N-dealkylation sites (tertiary alicyclic amines) is 1. The Morgan fingerprint density at radius 1 is 1.14 bits per heavy atom. The molecule has 0 spiro atoms. The van der Waals surface area contributed by atoms with E-state index in [1.807, 2.05) is 4.90 Å². The van der Waals surface area contributed by atoms with Crippen molar-refractivity contribution in [3.05, 3.63) is 17.7 Å².